The summed E-state index contributed by atoms with van der Waals surface area (Å²) in [6, 6.07) is 3.98. The van der Waals surface area contributed by atoms with Gasteiger partial charge in [0, 0.05) is 18.9 Å². The standard InChI is InChI=1S/C11H14N4/c1-3-15-8-10(7-13-15)14-11-6-9(2)4-5-12-11/h4-8H,3H2,1-2H3,(H,12,14). The fourth-order valence-electron chi connectivity index (χ4n) is 1.35. The van der Waals surface area contributed by atoms with Crippen molar-refractivity contribution in [2.24, 2.45) is 0 Å². The van der Waals surface area contributed by atoms with E-state index in [1.54, 1.807) is 12.4 Å². The Morgan fingerprint density at radius 2 is 2.33 bits per heavy atom. The van der Waals surface area contributed by atoms with Crippen molar-refractivity contribution in [3.8, 4) is 0 Å². The smallest absolute Gasteiger partial charge is 0.130 e. The Bertz CT molecular complexity index is 447. The third-order valence-electron chi connectivity index (χ3n) is 2.15. The summed E-state index contributed by atoms with van der Waals surface area (Å²) < 4.78 is 1.87. The van der Waals surface area contributed by atoms with Gasteiger partial charge in [0.05, 0.1) is 11.9 Å². The van der Waals surface area contributed by atoms with Crippen LogP contribution in [0.2, 0.25) is 0 Å². The van der Waals surface area contributed by atoms with Crippen molar-refractivity contribution >= 4 is 11.5 Å². The van der Waals surface area contributed by atoms with Gasteiger partial charge >= 0.3 is 0 Å². The summed E-state index contributed by atoms with van der Waals surface area (Å²) in [6.45, 7) is 4.98. The summed E-state index contributed by atoms with van der Waals surface area (Å²) >= 11 is 0. The minimum atomic E-state index is 0.852. The zero-order valence-electron chi connectivity index (χ0n) is 8.94. The number of aromatic nitrogens is 3. The van der Waals surface area contributed by atoms with Crippen LogP contribution in [0.15, 0.2) is 30.7 Å². The van der Waals surface area contributed by atoms with E-state index in [4.69, 9.17) is 0 Å². The zero-order valence-corrected chi connectivity index (χ0v) is 8.94. The van der Waals surface area contributed by atoms with E-state index in [-0.39, 0.29) is 0 Å². The van der Waals surface area contributed by atoms with Crippen LogP contribution in [0.25, 0.3) is 0 Å². The fourth-order valence-corrected chi connectivity index (χ4v) is 1.35. The van der Waals surface area contributed by atoms with Crippen molar-refractivity contribution in [2.45, 2.75) is 20.4 Å². The number of hydrogen-bond donors (Lipinski definition) is 1. The normalized spacial score (nSPS) is 10.3. The van der Waals surface area contributed by atoms with E-state index < -0.39 is 0 Å². The Balaban J connectivity index is 2.14. The van der Waals surface area contributed by atoms with Crippen LogP contribution in [-0.2, 0) is 6.54 Å². The molecule has 1 N–H and O–H groups in total. The summed E-state index contributed by atoms with van der Waals surface area (Å²) in [5, 5.41) is 7.38. The van der Waals surface area contributed by atoms with Crippen LogP contribution in [0.1, 0.15) is 12.5 Å². The minimum absolute atomic E-state index is 0.852. The second kappa shape index (κ2) is 4.13. The van der Waals surface area contributed by atoms with Crippen LogP contribution in [0.4, 0.5) is 11.5 Å². The molecule has 0 amide bonds. The molecular weight excluding hydrogens is 188 g/mol. The number of anilines is 2. The highest BCUT2D eigenvalue weighted by Gasteiger charge is 1.98. The van der Waals surface area contributed by atoms with Crippen molar-refractivity contribution in [1.29, 1.82) is 0 Å². The molecule has 0 aliphatic rings. The molecule has 0 aliphatic heterocycles. The van der Waals surface area contributed by atoms with Gasteiger partial charge in [0.15, 0.2) is 0 Å². The van der Waals surface area contributed by atoms with E-state index in [0.717, 1.165) is 18.1 Å². The molecule has 2 aromatic rings. The quantitative estimate of drug-likeness (QED) is 0.830. The first-order chi connectivity index (χ1) is 7.28. The SMILES string of the molecule is CCn1cc(Nc2cc(C)ccn2)cn1. The highest BCUT2D eigenvalue weighted by atomic mass is 15.3. The largest absolute Gasteiger partial charge is 0.338 e. The van der Waals surface area contributed by atoms with Gasteiger partial charge in [-0.05, 0) is 31.5 Å². The molecule has 0 bridgehead atoms. The molecule has 2 heterocycles. The minimum Gasteiger partial charge on any atom is -0.338 e. The van der Waals surface area contributed by atoms with Gasteiger partial charge in [0.2, 0.25) is 0 Å². The summed E-state index contributed by atoms with van der Waals surface area (Å²) in [7, 11) is 0. The van der Waals surface area contributed by atoms with E-state index in [2.05, 4.69) is 22.3 Å². The molecule has 0 saturated heterocycles. The molecule has 2 rings (SSSR count). The average Bonchev–Trinajstić information content (AvgIpc) is 2.65. The van der Waals surface area contributed by atoms with E-state index >= 15 is 0 Å². The molecule has 0 atom stereocenters. The van der Waals surface area contributed by atoms with Gasteiger partial charge in [-0.15, -0.1) is 0 Å². The molecule has 0 fully saturated rings. The van der Waals surface area contributed by atoms with Crippen LogP contribution in [0.3, 0.4) is 0 Å². The number of hydrogen-bond acceptors (Lipinski definition) is 3. The summed E-state index contributed by atoms with van der Waals surface area (Å²) in [6.07, 6.45) is 5.55. The molecule has 0 saturated carbocycles. The first-order valence-electron chi connectivity index (χ1n) is 5.00. The molecule has 0 aromatic carbocycles. The first kappa shape index (κ1) is 9.71. The number of nitrogens with zero attached hydrogens (tertiary/aromatic N) is 3. The summed E-state index contributed by atoms with van der Waals surface area (Å²) in [5.41, 5.74) is 2.16. The van der Waals surface area contributed by atoms with Gasteiger partial charge in [-0.3, -0.25) is 4.68 Å². The maximum absolute atomic E-state index is 4.22. The van der Waals surface area contributed by atoms with E-state index in [1.165, 1.54) is 5.56 Å². The predicted molar refractivity (Wildman–Crippen MR) is 60.2 cm³/mol. The third-order valence-corrected chi connectivity index (χ3v) is 2.15. The molecule has 2 aromatic heterocycles. The second-order valence-corrected chi connectivity index (χ2v) is 3.43. The van der Waals surface area contributed by atoms with Gasteiger partial charge < -0.3 is 5.32 Å². The Kier molecular flexibility index (Phi) is 2.67. The Hall–Kier alpha value is -1.84. The van der Waals surface area contributed by atoms with Crippen molar-refractivity contribution in [3.05, 3.63) is 36.3 Å². The Morgan fingerprint density at radius 3 is 3.00 bits per heavy atom. The molecule has 0 radical (unpaired) electrons. The van der Waals surface area contributed by atoms with Gasteiger partial charge in [-0.25, -0.2) is 4.98 Å². The van der Waals surface area contributed by atoms with Gasteiger partial charge in [0.25, 0.3) is 0 Å². The number of rotatable bonds is 3. The lowest BCUT2D eigenvalue weighted by atomic mass is 10.3. The molecule has 4 nitrogen and oxygen atoms in total. The van der Waals surface area contributed by atoms with Crippen molar-refractivity contribution in [1.82, 2.24) is 14.8 Å². The zero-order chi connectivity index (χ0) is 10.7. The van der Waals surface area contributed by atoms with Crippen molar-refractivity contribution in [2.75, 3.05) is 5.32 Å². The molecular formula is C11H14N4. The summed E-state index contributed by atoms with van der Waals surface area (Å²) in [5.74, 6) is 0.852. The monoisotopic (exact) mass is 202 g/mol. The van der Waals surface area contributed by atoms with E-state index in [9.17, 15) is 0 Å². The molecule has 0 unspecified atom stereocenters. The topological polar surface area (TPSA) is 42.7 Å². The predicted octanol–water partition coefficient (Wildman–Crippen LogP) is 2.35. The van der Waals surface area contributed by atoms with Gasteiger partial charge in [-0.2, -0.15) is 5.10 Å². The number of aryl methyl sites for hydroxylation is 2. The highest BCUT2D eigenvalue weighted by molar-refractivity contribution is 5.54. The van der Waals surface area contributed by atoms with E-state index in [0.29, 0.717) is 0 Å². The maximum Gasteiger partial charge on any atom is 0.130 e. The van der Waals surface area contributed by atoms with Crippen molar-refractivity contribution in [3.63, 3.8) is 0 Å². The third kappa shape index (κ3) is 2.34. The van der Waals surface area contributed by atoms with Crippen LogP contribution in [0, 0.1) is 6.92 Å². The van der Waals surface area contributed by atoms with Crippen molar-refractivity contribution < 1.29 is 0 Å². The van der Waals surface area contributed by atoms with Crippen LogP contribution < -0.4 is 5.32 Å². The van der Waals surface area contributed by atoms with Gasteiger partial charge in [-0.1, -0.05) is 0 Å². The molecule has 4 heteroatoms. The second-order valence-electron chi connectivity index (χ2n) is 3.43. The Labute approximate surface area is 89.0 Å². The highest BCUT2D eigenvalue weighted by Crippen LogP contribution is 2.13. The Morgan fingerprint density at radius 1 is 1.47 bits per heavy atom. The van der Waals surface area contributed by atoms with Crippen LogP contribution in [0.5, 0.6) is 0 Å². The van der Waals surface area contributed by atoms with Gasteiger partial charge in [0.1, 0.15) is 5.82 Å². The first-order valence-corrected chi connectivity index (χ1v) is 5.00. The number of nitrogens with one attached hydrogen (secondary N) is 1. The number of pyridine rings is 1. The fraction of sp³-hybridized carbons (Fsp3) is 0.273. The molecule has 15 heavy (non-hydrogen) atoms. The lowest BCUT2D eigenvalue weighted by Crippen LogP contribution is -1.94. The molecule has 78 valence electrons. The lowest BCUT2D eigenvalue weighted by Gasteiger charge is -2.02. The molecule has 0 aliphatic carbocycles. The van der Waals surface area contributed by atoms with Crippen LogP contribution in [-0.4, -0.2) is 14.8 Å². The summed E-state index contributed by atoms with van der Waals surface area (Å²) in [4.78, 5) is 4.22. The van der Waals surface area contributed by atoms with E-state index in [1.807, 2.05) is 29.9 Å². The molecule has 0 spiro atoms. The maximum atomic E-state index is 4.22. The lowest BCUT2D eigenvalue weighted by molar-refractivity contribution is 0.660. The average molecular weight is 202 g/mol. The van der Waals surface area contributed by atoms with Crippen LogP contribution >= 0.6 is 0 Å².